The molecule has 3 aromatic rings. The number of benzene rings is 1. The Morgan fingerprint density at radius 3 is 2.30 bits per heavy atom. The lowest BCUT2D eigenvalue weighted by Crippen LogP contribution is -2.47. The van der Waals surface area contributed by atoms with Crippen LogP contribution in [0, 0.1) is 24.0 Å². The standard InChI is InChI=1S/C21H23N7O2/c1-15-11-16(2)13-17(12-15)25-20-19(28(29)30)21(24-14-23-20)27-9-7-26(8-10-27)18-5-3-4-6-22-18/h3-6,11-14H,7-10H2,1-2H3,(H,23,24,25). The molecule has 154 valence electrons. The maximum Gasteiger partial charge on any atom is 0.353 e. The van der Waals surface area contributed by atoms with Crippen LogP contribution in [0.15, 0.2) is 48.9 Å². The molecule has 0 amide bonds. The number of nitro groups is 1. The monoisotopic (exact) mass is 405 g/mol. The Hall–Kier alpha value is -3.75. The SMILES string of the molecule is Cc1cc(C)cc(Nc2ncnc(N3CCN(c4ccccn4)CC3)c2[N+](=O)[O-])c1. The minimum atomic E-state index is -0.411. The average molecular weight is 405 g/mol. The Balaban J connectivity index is 1.58. The maximum atomic E-state index is 11.9. The fourth-order valence-electron chi connectivity index (χ4n) is 3.73. The number of nitrogens with zero attached hydrogens (tertiary/aromatic N) is 6. The number of nitrogens with one attached hydrogen (secondary N) is 1. The van der Waals surface area contributed by atoms with Gasteiger partial charge in [0.05, 0.1) is 4.92 Å². The van der Waals surface area contributed by atoms with Crippen molar-refractivity contribution >= 4 is 28.8 Å². The van der Waals surface area contributed by atoms with Gasteiger partial charge in [0, 0.05) is 38.1 Å². The highest BCUT2D eigenvalue weighted by Crippen LogP contribution is 2.34. The predicted octanol–water partition coefficient (Wildman–Crippen LogP) is 3.47. The maximum absolute atomic E-state index is 11.9. The van der Waals surface area contributed by atoms with Crippen molar-refractivity contribution in [3.63, 3.8) is 0 Å². The van der Waals surface area contributed by atoms with Gasteiger partial charge in [-0.05, 0) is 49.2 Å². The van der Waals surface area contributed by atoms with Crippen LogP contribution >= 0.6 is 0 Å². The summed E-state index contributed by atoms with van der Waals surface area (Å²) in [6, 6.07) is 11.7. The molecule has 1 saturated heterocycles. The molecule has 0 spiro atoms. The fraction of sp³-hybridized carbons (Fsp3) is 0.286. The van der Waals surface area contributed by atoms with Crippen LogP contribution in [-0.4, -0.2) is 46.1 Å². The molecular formula is C21H23N7O2. The van der Waals surface area contributed by atoms with Gasteiger partial charge in [-0.25, -0.2) is 15.0 Å². The molecule has 3 heterocycles. The topological polar surface area (TPSA) is 100 Å². The smallest absolute Gasteiger partial charge is 0.353 e. The second kappa shape index (κ2) is 8.32. The summed E-state index contributed by atoms with van der Waals surface area (Å²) in [5, 5.41) is 15.0. The Bertz CT molecular complexity index is 1030. The molecule has 0 atom stereocenters. The van der Waals surface area contributed by atoms with Crippen LogP contribution in [0.4, 0.5) is 28.8 Å². The van der Waals surface area contributed by atoms with E-state index in [-0.39, 0.29) is 11.5 Å². The minimum absolute atomic E-state index is 0.108. The number of rotatable bonds is 5. The van der Waals surface area contributed by atoms with Crippen molar-refractivity contribution in [2.75, 3.05) is 41.3 Å². The molecule has 0 saturated carbocycles. The van der Waals surface area contributed by atoms with E-state index >= 15 is 0 Å². The van der Waals surface area contributed by atoms with Gasteiger partial charge in [0.25, 0.3) is 0 Å². The van der Waals surface area contributed by atoms with Gasteiger partial charge in [0.15, 0.2) is 0 Å². The van der Waals surface area contributed by atoms with E-state index in [2.05, 4.69) is 25.2 Å². The molecule has 1 fully saturated rings. The van der Waals surface area contributed by atoms with Crippen molar-refractivity contribution in [2.45, 2.75) is 13.8 Å². The molecular weight excluding hydrogens is 382 g/mol. The van der Waals surface area contributed by atoms with Crippen molar-refractivity contribution in [3.05, 3.63) is 70.2 Å². The molecule has 1 N–H and O–H groups in total. The first kappa shape index (κ1) is 19.6. The van der Waals surface area contributed by atoms with E-state index in [0.717, 1.165) is 22.6 Å². The molecule has 0 aliphatic carbocycles. The van der Waals surface area contributed by atoms with Gasteiger partial charge >= 0.3 is 5.69 Å². The number of piperazine rings is 1. The van der Waals surface area contributed by atoms with Crippen LogP contribution in [-0.2, 0) is 0 Å². The Kier molecular flexibility index (Phi) is 5.42. The van der Waals surface area contributed by atoms with Crippen molar-refractivity contribution < 1.29 is 4.92 Å². The predicted molar refractivity (Wildman–Crippen MR) is 117 cm³/mol. The first-order chi connectivity index (χ1) is 14.5. The second-order valence-electron chi connectivity index (χ2n) is 7.32. The summed E-state index contributed by atoms with van der Waals surface area (Å²) in [6.45, 7) is 6.60. The van der Waals surface area contributed by atoms with Gasteiger partial charge < -0.3 is 15.1 Å². The number of pyridine rings is 1. The van der Waals surface area contributed by atoms with Crippen LogP contribution in [0.5, 0.6) is 0 Å². The first-order valence-electron chi connectivity index (χ1n) is 9.77. The summed E-state index contributed by atoms with van der Waals surface area (Å²) in [5.41, 5.74) is 2.79. The molecule has 9 nitrogen and oxygen atoms in total. The molecule has 9 heteroatoms. The number of anilines is 4. The lowest BCUT2D eigenvalue weighted by atomic mass is 10.1. The van der Waals surface area contributed by atoms with Crippen LogP contribution < -0.4 is 15.1 Å². The Labute approximate surface area is 174 Å². The van der Waals surface area contributed by atoms with E-state index in [1.54, 1.807) is 6.20 Å². The van der Waals surface area contributed by atoms with Crippen LogP contribution in [0.25, 0.3) is 0 Å². The van der Waals surface area contributed by atoms with Gasteiger partial charge in [-0.2, -0.15) is 0 Å². The zero-order chi connectivity index (χ0) is 21.1. The normalized spacial score (nSPS) is 13.9. The van der Waals surface area contributed by atoms with E-state index in [1.807, 2.05) is 55.1 Å². The van der Waals surface area contributed by atoms with E-state index < -0.39 is 4.92 Å². The molecule has 1 aromatic carbocycles. The lowest BCUT2D eigenvalue weighted by molar-refractivity contribution is -0.383. The molecule has 30 heavy (non-hydrogen) atoms. The minimum Gasteiger partial charge on any atom is -0.353 e. The molecule has 2 aromatic heterocycles. The van der Waals surface area contributed by atoms with Crippen molar-refractivity contribution in [3.8, 4) is 0 Å². The van der Waals surface area contributed by atoms with Gasteiger partial charge in [-0.15, -0.1) is 0 Å². The molecule has 1 aliphatic rings. The third-order valence-electron chi connectivity index (χ3n) is 5.02. The summed E-state index contributed by atoms with van der Waals surface area (Å²) in [5.74, 6) is 1.44. The third kappa shape index (κ3) is 4.14. The summed E-state index contributed by atoms with van der Waals surface area (Å²) >= 11 is 0. The van der Waals surface area contributed by atoms with E-state index in [9.17, 15) is 10.1 Å². The zero-order valence-corrected chi connectivity index (χ0v) is 16.9. The summed E-state index contributed by atoms with van der Waals surface area (Å²) in [6.07, 6.45) is 3.14. The van der Waals surface area contributed by atoms with Crippen LogP contribution in [0.3, 0.4) is 0 Å². The van der Waals surface area contributed by atoms with Crippen molar-refractivity contribution in [1.29, 1.82) is 0 Å². The highest BCUT2D eigenvalue weighted by molar-refractivity contribution is 5.75. The number of hydrogen-bond donors (Lipinski definition) is 1. The Morgan fingerprint density at radius 1 is 0.967 bits per heavy atom. The molecule has 0 radical (unpaired) electrons. The lowest BCUT2D eigenvalue weighted by Gasteiger charge is -2.35. The molecule has 0 bridgehead atoms. The first-order valence-corrected chi connectivity index (χ1v) is 9.77. The molecule has 0 unspecified atom stereocenters. The van der Waals surface area contributed by atoms with E-state index in [0.29, 0.717) is 32.0 Å². The van der Waals surface area contributed by atoms with Crippen molar-refractivity contribution in [1.82, 2.24) is 15.0 Å². The fourth-order valence-corrected chi connectivity index (χ4v) is 3.73. The number of hydrogen-bond acceptors (Lipinski definition) is 8. The van der Waals surface area contributed by atoms with E-state index in [4.69, 9.17) is 0 Å². The zero-order valence-electron chi connectivity index (χ0n) is 16.9. The second-order valence-corrected chi connectivity index (χ2v) is 7.32. The highest BCUT2D eigenvalue weighted by atomic mass is 16.6. The molecule has 1 aliphatic heterocycles. The largest absolute Gasteiger partial charge is 0.353 e. The van der Waals surface area contributed by atoms with Gasteiger partial charge in [0.2, 0.25) is 11.6 Å². The summed E-state index contributed by atoms with van der Waals surface area (Å²) in [7, 11) is 0. The van der Waals surface area contributed by atoms with Crippen LogP contribution in [0.1, 0.15) is 11.1 Å². The Morgan fingerprint density at radius 2 is 1.67 bits per heavy atom. The molecule has 4 rings (SSSR count). The number of aromatic nitrogens is 3. The highest BCUT2D eigenvalue weighted by Gasteiger charge is 2.29. The van der Waals surface area contributed by atoms with Gasteiger partial charge in [-0.3, -0.25) is 10.1 Å². The van der Waals surface area contributed by atoms with Gasteiger partial charge in [-0.1, -0.05) is 12.1 Å². The quantitative estimate of drug-likeness (QED) is 0.509. The van der Waals surface area contributed by atoms with E-state index in [1.165, 1.54) is 6.33 Å². The van der Waals surface area contributed by atoms with Gasteiger partial charge in [0.1, 0.15) is 12.1 Å². The van der Waals surface area contributed by atoms with Crippen LogP contribution in [0.2, 0.25) is 0 Å². The van der Waals surface area contributed by atoms with Crippen molar-refractivity contribution in [2.24, 2.45) is 0 Å². The average Bonchev–Trinajstić information content (AvgIpc) is 2.73. The third-order valence-corrected chi connectivity index (χ3v) is 5.02. The summed E-state index contributed by atoms with van der Waals surface area (Å²) in [4.78, 5) is 28.4. The summed E-state index contributed by atoms with van der Waals surface area (Å²) < 4.78 is 0. The number of aryl methyl sites for hydroxylation is 2.